The van der Waals surface area contributed by atoms with Gasteiger partial charge in [0.15, 0.2) is 0 Å². The number of halogens is 1. The number of morpholine rings is 1. The molecule has 2 aliphatic rings. The maximum Gasteiger partial charge on any atom is 0.254 e. The number of amides is 1. The molecule has 0 radical (unpaired) electrons. The highest BCUT2D eigenvalue weighted by atomic mass is 35.5. The van der Waals surface area contributed by atoms with Gasteiger partial charge in [-0.3, -0.25) is 4.79 Å². The van der Waals surface area contributed by atoms with Crippen molar-refractivity contribution < 1.29 is 17.9 Å². The SMILES string of the molecule is CC1CN(S(=O)(=O)c2cccc(C(=O)N3CCCCC3CN)c2)CC(C)O1.Cl. The minimum Gasteiger partial charge on any atom is -0.373 e. The predicted octanol–water partition coefficient (Wildman–Crippen LogP) is 1.86. The molecule has 158 valence electrons. The lowest BCUT2D eigenvalue weighted by Gasteiger charge is -2.35. The van der Waals surface area contributed by atoms with Gasteiger partial charge in [0.25, 0.3) is 5.91 Å². The maximum atomic E-state index is 13.1. The van der Waals surface area contributed by atoms with Crippen molar-refractivity contribution in [2.75, 3.05) is 26.2 Å². The molecule has 3 atom stereocenters. The number of carbonyl (C=O) groups is 1. The van der Waals surface area contributed by atoms with Crippen LogP contribution in [0.5, 0.6) is 0 Å². The van der Waals surface area contributed by atoms with E-state index in [1.54, 1.807) is 23.1 Å². The molecule has 2 N–H and O–H groups in total. The molecular formula is C19H30ClN3O4S. The number of benzene rings is 1. The van der Waals surface area contributed by atoms with Crippen molar-refractivity contribution in [1.82, 2.24) is 9.21 Å². The number of likely N-dealkylation sites (tertiary alicyclic amines) is 1. The van der Waals surface area contributed by atoms with Crippen molar-refractivity contribution in [2.24, 2.45) is 5.73 Å². The normalized spacial score (nSPS) is 26.5. The summed E-state index contributed by atoms with van der Waals surface area (Å²) < 4.78 is 33.2. The van der Waals surface area contributed by atoms with Crippen LogP contribution in [-0.4, -0.2) is 68.0 Å². The molecule has 9 heteroatoms. The Hall–Kier alpha value is -1.19. The summed E-state index contributed by atoms with van der Waals surface area (Å²) in [4.78, 5) is 14.9. The molecule has 0 aliphatic carbocycles. The highest BCUT2D eigenvalue weighted by Crippen LogP contribution is 2.24. The second-order valence-corrected chi connectivity index (χ2v) is 9.43. The fourth-order valence-electron chi connectivity index (χ4n) is 3.94. The topological polar surface area (TPSA) is 92.9 Å². The molecule has 1 aromatic carbocycles. The third kappa shape index (κ3) is 4.86. The molecule has 28 heavy (non-hydrogen) atoms. The van der Waals surface area contributed by atoms with E-state index in [1.807, 2.05) is 13.8 Å². The predicted molar refractivity (Wildman–Crippen MR) is 110 cm³/mol. The maximum absolute atomic E-state index is 13.1. The Morgan fingerprint density at radius 2 is 1.89 bits per heavy atom. The molecular weight excluding hydrogens is 402 g/mol. The van der Waals surface area contributed by atoms with Crippen LogP contribution in [-0.2, 0) is 14.8 Å². The summed E-state index contributed by atoms with van der Waals surface area (Å²) in [6.07, 6.45) is 2.58. The molecule has 1 aromatic rings. The molecule has 0 spiro atoms. The Labute approximate surface area is 173 Å². The van der Waals surface area contributed by atoms with E-state index in [2.05, 4.69) is 0 Å². The molecule has 7 nitrogen and oxygen atoms in total. The van der Waals surface area contributed by atoms with E-state index in [0.29, 0.717) is 31.7 Å². The van der Waals surface area contributed by atoms with Crippen molar-refractivity contribution in [3.05, 3.63) is 29.8 Å². The first kappa shape index (κ1) is 23.1. The lowest BCUT2D eigenvalue weighted by Crippen LogP contribution is -2.48. The van der Waals surface area contributed by atoms with E-state index in [4.69, 9.17) is 10.5 Å². The number of carbonyl (C=O) groups excluding carboxylic acids is 1. The highest BCUT2D eigenvalue weighted by Gasteiger charge is 2.33. The monoisotopic (exact) mass is 431 g/mol. The quantitative estimate of drug-likeness (QED) is 0.785. The van der Waals surface area contributed by atoms with Crippen molar-refractivity contribution >= 4 is 28.3 Å². The molecule has 0 aromatic heterocycles. The van der Waals surface area contributed by atoms with Crippen LogP contribution in [0.2, 0.25) is 0 Å². The number of nitrogens with zero attached hydrogens (tertiary/aromatic N) is 2. The lowest BCUT2D eigenvalue weighted by atomic mass is 10.0. The van der Waals surface area contributed by atoms with E-state index in [1.165, 1.54) is 10.4 Å². The fourth-order valence-corrected chi connectivity index (χ4v) is 5.58. The summed E-state index contributed by atoms with van der Waals surface area (Å²) >= 11 is 0. The van der Waals surface area contributed by atoms with Crippen LogP contribution in [0.25, 0.3) is 0 Å². The zero-order valence-corrected chi connectivity index (χ0v) is 18.0. The molecule has 1 amide bonds. The van der Waals surface area contributed by atoms with E-state index in [-0.39, 0.29) is 41.5 Å². The van der Waals surface area contributed by atoms with Gasteiger partial charge in [0.1, 0.15) is 0 Å². The van der Waals surface area contributed by atoms with Crippen LogP contribution < -0.4 is 5.73 Å². The van der Waals surface area contributed by atoms with Gasteiger partial charge in [0.2, 0.25) is 10.0 Å². The standard InChI is InChI=1S/C19H29N3O4S.ClH/c1-14-12-21(13-15(2)26-14)27(24,25)18-8-5-6-16(10-18)19(23)22-9-4-3-7-17(22)11-20;/h5-6,8,10,14-15,17H,3-4,7,9,11-13,20H2,1-2H3;1H. The van der Waals surface area contributed by atoms with Crippen LogP contribution in [0.4, 0.5) is 0 Å². The summed E-state index contributed by atoms with van der Waals surface area (Å²) in [7, 11) is -3.68. The second-order valence-electron chi connectivity index (χ2n) is 7.49. The summed E-state index contributed by atoms with van der Waals surface area (Å²) in [6.45, 7) is 5.44. The molecule has 2 heterocycles. The Balaban J connectivity index is 0.00000280. The van der Waals surface area contributed by atoms with Gasteiger partial charge in [-0.1, -0.05) is 6.07 Å². The largest absolute Gasteiger partial charge is 0.373 e. The van der Waals surface area contributed by atoms with Gasteiger partial charge in [-0.15, -0.1) is 12.4 Å². The Kier molecular flexibility index (Phi) is 7.87. The summed E-state index contributed by atoms with van der Waals surface area (Å²) in [5, 5.41) is 0. The second kappa shape index (κ2) is 9.54. The zero-order chi connectivity index (χ0) is 19.6. The highest BCUT2D eigenvalue weighted by molar-refractivity contribution is 7.89. The van der Waals surface area contributed by atoms with Crippen LogP contribution in [0.1, 0.15) is 43.5 Å². The van der Waals surface area contributed by atoms with Crippen LogP contribution in [0.15, 0.2) is 29.2 Å². The van der Waals surface area contributed by atoms with E-state index < -0.39 is 10.0 Å². The van der Waals surface area contributed by atoms with E-state index in [9.17, 15) is 13.2 Å². The van der Waals surface area contributed by atoms with E-state index in [0.717, 1.165) is 19.3 Å². The van der Waals surface area contributed by atoms with Gasteiger partial charge in [-0.2, -0.15) is 4.31 Å². The molecule has 2 aliphatic heterocycles. The van der Waals surface area contributed by atoms with Gasteiger partial charge < -0.3 is 15.4 Å². The zero-order valence-electron chi connectivity index (χ0n) is 16.4. The van der Waals surface area contributed by atoms with Crippen molar-refractivity contribution in [3.8, 4) is 0 Å². The van der Waals surface area contributed by atoms with E-state index >= 15 is 0 Å². The van der Waals surface area contributed by atoms with Gasteiger partial charge in [0.05, 0.1) is 17.1 Å². The minimum atomic E-state index is -3.68. The number of ether oxygens (including phenoxy) is 1. The smallest absolute Gasteiger partial charge is 0.254 e. The summed E-state index contributed by atoms with van der Waals surface area (Å²) in [5.74, 6) is -0.147. The number of hydrogen-bond acceptors (Lipinski definition) is 5. The third-order valence-electron chi connectivity index (χ3n) is 5.26. The first-order valence-corrected chi connectivity index (χ1v) is 11.0. The molecule has 2 saturated heterocycles. The third-order valence-corrected chi connectivity index (χ3v) is 7.09. The van der Waals surface area contributed by atoms with Gasteiger partial charge in [-0.25, -0.2) is 8.42 Å². The Morgan fingerprint density at radius 1 is 1.21 bits per heavy atom. The molecule has 3 rings (SSSR count). The number of rotatable bonds is 4. The van der Waals surface area contributed by atoms with Crippen molar-refractivity contribution in [2.45, 2.75) is 56.3 Å². The first-order chi connectivity index (χ1) is 12.8. The Bertz CT molecular complexity index is 779. The number of hydrogen-bond donors (Lipinski definition) is 1. The lowest BCUT2D eigenvalue weighted by molar-refractivity contribution is -0.0440. The van der Waals surface area contributed by atoms with Crippen molar-refractivity contribution in [1.29, 1.82) is 0 Å². The van der Waals surface area contributed by atoms with Crippen molar-refractivity contribution in [3.63, 3.8) is 0 Å². The molecule has 2 fully saturated rings. The average molecular weight is 432 g/mol. The van der Waals surface area contributed by atoms with Crippen LogP contribution in [0, 0.1) is 0 Å². The van der Waals surface area contributed by atoms with Gasteiger partial charge >= 0.3 is 0 Å². The average Bonchev–Trinajstić information content (AvgIpc) is 2.66. The molecule has 0 saturated carbocycles. The minimum absolute atomic E-state index is 0. The number of piperidine rings is 1. The summed E-state index contributed by atoms with van der Waals surface area (Å²) in [5.41, 5.74) is 6.22. The van der Waals surface area contributed by atoms with Gasteiger partial charge in [0, 0.05) is 37.8 Å². The van der Waals surface area contributed by atoms with Crippen LogP contribution in [0.3, 0.4) is 0 Å². The molecule has 0 bridgehead atoms. The van der Waals surface area contributed by atoms with Crippen LogP contribution >= 0.6 is 12.4 Å². The van der Waals surface area contributed by atoms with Gasteiger partial charge in [-0.05, 0) is 51.3 Å². The first-order valence-electron chi connectivity index (χ1n) is 9.59. The summed E-state index contributed by atoms with van der Waals surface area (Å²) in [6, 6.07) is 6.37. The Morgan fingerprint density at radius 3 is 2.54 bits per heavy atom. The fraction of sp³-hybridized carbons (Fsp3) is 0.632. The number of nitrogens with two attached hydrogens (primary N) is 1. The molecule has 3 unspecified atom stereocenters. The number of sulfonamides is 1.